The highest BCUT2D eigenvalue weighted by molar-refractivity contribution is 6.83. The van der Waals surface area contributed by atoms with Crippen LogP contribution in [0.2, 0.25) is 19.6 Å². The fraction of sp³-hybridized carbons (Fsp3) is 0.417. The van der Waals surface area contributed by atoms with Crippen molar-refractivity contribution in [1.29, 1.82) is 0 Å². The van der Waals surface area contributed by atoms with E-state index in [0.717, 1.165) is 24.3 Å². The van der Waals surface area contributed by atoms with Crippen LogP contribution < -0.4 is 5.32 Å². The average molecular weight is 216 g/mol. The van der Waals surface area contributed by atoms with E-state index in [-0.39, 0.29) is 0 Å². The molecule has 0 amide bonds. The highest BCUT2D eigenvalue weighted by atomic mass is 28.3. The summed E-state index contributed by atoms with van der Waals surface area (Å²) in [5, 5.41) is 3.25. The summed E-state index contributed by atoms with van der Waals surface area (Å²) in [6.45, 7) is 7.76. The first-order chi connectivity index (χ1) is 7.04. The maximum absolute atomic E-state index is 4.36. The zero-order valence-electron chi connectivity index (χ0n) is 9.52. The number of rotatable bonds is 0. The molecule has 0 saturated heterocycles. The van der Waals surface area contributed by atoms with Crippen molar-refractivity contribution in [2.75, 3.05) is 11.9 Å². The molecule has 0 aliphatic carbocycles. The van der Waals surface area contributed by atoms with E-state index < -0.39 is 8.07 Å². The third-order valence-corrected chi connectivity index (χ3v) is 3.11. The van der Waals surface area contributed by atoms with Gasteiger partial charge in [-0.15, -0.1) is 5.54 Å². The van der Waals surface area contributed by atoms with Crippen LogP contribution in [0, 0.1) is 11.5 Å². The fourth-order valence-corrected chi connectivity index (χ4v) is 2.02. The summed E-state index contributed by atoms with van der Waals surface area (Å²) in [4.78, 5) is 4.36. The molecule has 15 heavy (non-hydrogen) atoms. The number of fused-ring (bicyclic) bond motifs is 1. The summed E-state index contributed by atoms with van der Waals surface area (Å²) in [6, 6.07) is 2.16. The summed E-state index contributed by atoms with van der Waals surface area (Å²) >= 11 is 0. The van der Waals surface area contributed by atoms with Crippen molar-refractivity contribution >= 4 is 13.9 Å². The van der Waals surface area contributed by atoms with Gasteiger partial charge in [-0.2, -0.15) is 0 Å². The third kappa shape index (κ3) is 2.60. The second-order valence-corrected chi connectivity index (χ2v) is 9.66. The predicted octanol–water partition coefficient (Wildman–Crippen LogP) is 2.28. The molecular formula is C12H16N2Si. The molecule has 0 unspecified atom stereocenters. The lowest BCUT2D eigenvalue weighted by atomic mass is 10.2. The van der Waals surface area contributed by atoms with Crippen LogP contribution in [0.25, 0.3) is 0 Å². The SMILES string of the molecule is C[Si](C)(C)C#Cc1cnc2c(c1)CCN2. The Bertz CT molecular complexity index is 435. The maximum Gasteiger partial charge on any atom is 0.129 e. The molecule has 0 fully saturated rings. The maximum atomic E-state index is 4.36. The average Bonchev–Trinajstić information content (AvgIpc) is 2.60. The minimum Gasteiger partial charge on any atom is -0.370 e. The first kappa shape index (κ1) is 10.3. The van der Waals surface area contributed by atoms with E-state index in [1.807, 2.05) is 6.20 Å². The number of nitrogens with zero attached hydrogens (tertiary/aromatic N) is 1. The molecule has 2 nitrogen and oxygen atoms in total. The van der Waals surface area contributed by atoms with Gasteiger partial charge in [0.2, 0.25) is 0 Å². The topological polar surface area (TPSA) is 24.9 Å². The van der Waals surface area contributed by atoms with Crippen LogP contribution in [0.3, 0.4) is 0 Å². The van der Waals surface area contributed by atoms with E-state index in [1.165, 1.54) is 5.56 Å². The Hall–Kier alpha value is -1.27. The minimum atomic E-state index is -1.27. The van der Waals surface area contributed by atoms with Gasteiger partial charge in [-0.05, 0) is 18.1 Å². The van der Waals surface area contributed by atoms with Gasteiger partial charge in [0, 0.05) is 18.3 Å². The van der Waals surface area contributed by atoms with Crippen molar-refractivity contribution in [3.63, 3.8) is 0 Å². The van der Waals surface area contributed by atoms with Gasteiger partial charge < -0.3 is 5.32 Å². The van der Waals surface area contributed by atoms with Crippen LogP contribution in [-0.2, 0) is 6.42 Å². The second kappa shape index (κ2) is 3.71. The normalized spacial score (nSPS) is 13.8. The number of nitrogens with one attached hydrogen (secondary N) is 1. The first-order valence-electron chi connectivity index (χ1n) is 5.30. The molecule has 0 spiro atoms. The van der Waals surface area contributed by atoms with Gasteiger partial charge in [-0.3, -0.25) is 0 Å². The number of aromatic nitrogens is 1. The largest absolute Gasteiger partial charge is 0.370 e. The first-order valence-corrected chi connectivity index (χ1v) is 8.80. The standard InChI is InChI=1S/C12H16N2Si/c1-15(2,3)7-5-10-8-11-4-6-13-12(11)14-9-10/h8-9H,4,6H2,1-3H3,(H,13,14). The Morgan fingerprint density at radius 1 is 1.40 bits per heavy atom. The monoisotopic (exact) mass is 216 g/mol. The van der Waals surface area contributed by atoms with Gasteiger partial charge in [0.15, 0.2) is 0 Å². The molecule has 78 valence electrons. The molecule has 0 radical (unpaired) electrons. The number of anilines is 1. The van der Waals surface area contributed by atoms with E-state index in [0.29, 0.717) is 0 Å². The highest BCUT2D eigenvalue weighted by Crippen LogP contribution is 2.19. The Kier molecular flexibility index (Phi) is 2.53. The molecule has 1 aromatic rings. The van der Waals surface area contributed by atoms with Crippen LogP contribution in [-0.4, -0.2) is 19.6 Å². The van der Waals surface area contributed by atoms with Crippen molar-refractivity contribution in [3.8, 4) is 11.5 Å². The van der Waals surface area contributed by atoms with E-state index in [4.69, 9.17) is 0 Å². The molecule has 1 aromatic heterocycles. The van der Waals surface area contributed by atoms with Crippen molar-refractivity contribution in [3.05, 3.63) is 23.4 Å². The molecule has 1 aliphatic heterocycles. The van der Waals surface area contributed by atoms with E-state index >= 15 is 0 Å². The van der Waals surface area contributed by atoms with Crippen molar-refractivity contribution in [1.82, 2.24) is 4.98 Å². The van der Waals surface area contributed by atoms with Crippen LogP contribution in [0.1, 0.15) is 11.1 Å². The van der Waals surface area contributed by atoms with Crippen LogP contribution in [0.15, 0.2) is 12.3 Å². The smallest absolute Gasteiger partial charge is 0.129 e. The summed E-state index contributed by atoms with van der Waals surface area (Å²) < 4.78 is 0. The Morgan fingerprint density at radius 2 is 2.20 bits per heavy atom. The number of hydrogen-bond donors (Lipinski definition) is 1. The number of hydrogen-bond acceptors (Lipinski definition) is 2. The van der Waals surface area contributed by atoms with Gasteiger partial charge in [-0.1, -0.05) is 25.6 Å². The Balaban J connectivity index is 2.27. The molecule has 0 saturated carbocycles. The van der Waals surface area contributed by atoms with E-state index in [2.05, 4.69) is 47.5 Å². The molecule has 0 bridgehead atoms. The quantitative estimate of drug-likeness (QED) is 0.531. The molecule has 1 aliphatic rings. The fourth-order valence-electron chi connectivity index (χ4n) is 1.50. The minimum absolute atomic E-state index is 1.01. The predicted molar refractivity (Wildman–Crippen MR) is 66.7 cm³/mol. The lowest BCUT2D eigenvalue weighted by Crippen LogP contribution is -2.16. The second-order valence-electron chi connectivity index (χ2n) is 4.91. The third-order valence-electron chi connectivity index (χ3n) is 2.24. The van der Waals surface area contributed by atoms with E-state index in [9.17, 15) is 0 Å². The Morgan fingerprint density at radius 3 is 2.93 bits per heavy atom. The summed E-state index contributed by atoms with van der Waals surface area (Å²) in [7, 11) is -1.27. The van der Waals surface area contributed by atoms with Crippen LogP contribution in [0.4, 0.5) is 5.82 Å². The lowest BCUT2D eigenvalue weighted by molar-refractivity contribution is 1.11. The number of pyridine rings is 1. The molecule has 0 aromatic carbocycles. The molecular weight excluding hydrogens is 200 g/mol. The van der Waals surface area contributed by atoms with Gasteiger partial charge in [0.05, 0.1) is 0 Å². The van der Waals surface area contributed by atoms with Crippen molar-refractivity contribution < 1.29 is 0 Å². The molecule has 2 heterocycles. The Labute approximate surface area is 92.1 Å². The molecule has 2 rings (SSSR count). The summed E-state index contributed by atoms with van der Waals surface area (Å²) in [5.74, 6) is 4.27. The lowest BCUT2D eigenvalue weighted by Gasteiger charge is -2.03. The summed E-state index contributed by atoms with van der Waals surface area (Å²) in [5.41, 5.74) is 5.72. The van der Waals surface area contributed by atoms with Crippen molar-refractivity contribution in [2.24, 2.45) is 0 Å². The van der Waals surface area contributed by atoms with Gasteiger partial charge in [0.1, 0.15) is 13.9 Å². The molecule has 1 N–H and O–H groups in total. The van der Waals surface area contributed by atoms with Crippen molar-refractivity contribution in [2.45, 2.75) is 26.1 Å². The zero-order chi connectivity index (χ0) is 10.9. The van der Waals surface area contributed by atoms with Gasteiger partial charge in [-0.25, -0.2) is 4.98 Å². The molecule has 0 atom stereocenters. The van der Waals surface area contributed by atoms with Gasteiger partial charge in [0.25, 0.3) is 0 Å². The highest BCUT2D eigenvalue weighted by Gasteiger charge is 2.11. The van der Waals surface area contributed by atoms with E-state index in [1.54, 1.807) is 0 Å². The van der Waals surface area contributed by atoms with Gasteiger partial charge >= 0.3 is 0 Å². The van der Waals surface area contributed by atoms with Crippen LogP contribution in [0.5, 0.6) is 0 Å². The zero-order valence-corrected chi connectivity index (χ0v) is 10.5. The summed E-state index contributed by atoms with van der Waals surface area (Å²) in [6.07, 6.45) is 2.94. The van der Waals surface area contributed by atoms with Crippen LogP contribution >= 0.6 is 0 Å². The molecule has 3 heteroatoms.